The first-order valence-electron chi connectivity index (χ1n) is 10.6. The predicted molar refractivity (Wildman–Crippen MR) is 115 cm³/mol. The van der Waals surface area contributed by atoms with Crippen LogP contribution in [0.4, 0.5) is 0 Å². The molecule has 8 heteroatoms. The van der Waals surface area contributed by atoms with Crippen LogP contribution in [-0.4, -0.2) is 63.3 Å². The predicted octanol–water partition coefficient (Wildman–Crippen LogP) is 1.47. The second-order valence-corrected chi connectivity index (χ2v) is 8.13. The first kappa shape index (κ1) is 24.8. The summed E-state index contributed by atoms with van der Waals surface area (Å²) in [4.78, 5) is 22.9. The van der Waals surface area contributed by atoms with Crippen molar-refractivity contribution in [3.63, 3.8) is 0 Å². The van der Waals surface area contributed by atoms with Crippen molar-refractivity contribution in [2.45, 2.75) is 70.3 Å². The molecule has 1 aromatic carbocycles. The first-order valence-corrected chi connectivity index (χ1v) is 10.6. The molecule has 1 aliphatic rings. The summed E-state index contributed by atoms with van der Waals surface area (Å²) in [6.07, 6.45) is 2.32. The van der Waals surface area contributed by atoms with Gasteiger partial charge < -0.3 is 30.5 Å². The van der Waals surface area contributed by atoms with Gasteiger partial charge in [-0.05, 0) is 56.4 Å². The van der Waals surface area contributed by atoms with Crippen LogP contribution in [0.1, 0.15) is 43.2 Å². The first-order chi connectivity index (χ1) is 14.7. The minimum absolute atomic E-state index is 0.0932. The maximum atomic E-state index is 12.4. The molecule has 5 N–H and O–H groups in total. The molecule has 0 heterocycles. The van der Waals surface area contributed by atoms with Crippen LogP contribution in [0.2, 0.25) is 0 Å². The summed E-state index contributed by atoms with van der Waals surface area (Å²) in [5.41, 5.74) is 2.15. The van der Waals surface area contributed by atoms with Gasteiger partial charge in [0.1, 0.15) is 12.4 Å². The molecule has 2 rings (SSSR count). The summed E-state index contributed by atoms with van der Waals surface area (Å²) in [6.45, 7) is 3.69. The van der Waals surface area contributed by atoms with E-state index in [1.165, 1.54) is 0 Å². The Bertz CT molecular complexity index is 779. The maximum Gasteiger partial charge on any atom is 0.303 e. The average Bonchev–Trinajstić information content (AvgIpc) is 2.97. The second kappa shape index (κ2) is 11.8. The quantitative estimate of drug-likeness (QED) is 0.262. The lowest BCUT2D eigenvalue weighted by Crippen LogP contribution is -2.49. The topological polar surface area (TPSA) is 136 Å². The van der Waals surface area contributed by atoms with E-state index in [1.807, 2.05) is 38.1 Å². The number of nitrogens with one attached hydrogen (secondary N) is 1. The van der Waals surface area contributed by atoms with Gasteiger partial charge in [-0.1, -0.05) is 18.2 Å². The minimum atomic E-state index is -1.42. The van der Waals surface area contributed by atoms with Gasteiger partial charge in [0.15, 0.2) is 6.10 Å². The maximum absolute atomic E-state index is 12.4. The lowest BCUT2D eigenvalue weighted by atomic mass is 9.96. The molecule has 1 saturated carbocycles. The number of aliphatic hydroxyl groups excluding tert-OH is 3. The van der Waals surface area contributed by atoms with E-state index in [0.29, 0.717) is 25.0 Å². The molecule has 0 saturated heterocycles. The highest BCUT2D eigenvalue weighted by Crippen LogP contribution is 2.30. The van der Waals surface area contributed by atoms with Crippen LogP contribution in [0.3, 0.4) is 0 Å². The number of hydrogen-bond donors (Lipinski definition) is 5. The number of amides is 1. The molecule has 8 nitrogen and oxygen atoms in total. The highest BCUT2D eigenvalue weighted by molar-refractivity contribution is 5.81. The lowest BCUT2D eigenvalue weighted by Gasteiger charge is -2.25. The molecule has 0 spiro atoms. The number of aliphatic carboxylic acids is 1. The van der Waals surface area contributed by atoms with Gasteiger partial charge >= 0.3 is 5.97 Å². The molecule has 0 aromatic heterocycles. The SMILES string of the molecule is Cc1ccc(OC[C@@H](O)C(=O)N[C@@H]2[C@@H](C/C=C\CCCC(=O)O)[C@@H](O)C[C@H]2O)cc1C. The van der Waals surface area contributed by atoms with Crippen LogP contribution in [0.15, 0.2) is 30.4 Å². The fourth-order valence-electron chi connectivity index (χ4n) is 3.66. The molecule has 5 atom stereocenters. The normalized spacial score (nSPS) is 24.3. The zero-order valence-electron chi connectivity index (χ0n) is 18.0. The molecule has 0 radical (unpaired) electrons. The van der Waals surface area contributed by atoms with Crippen molar-refractivity contribution in [1.82, 2.24) is 5.32 Å². The summed E-state index contributed by atoms with van der Waals surface area (Å²) in [7, 11) is 0. The molecular formula is C23H33NO7. The number of carboxylic acids is 1. The summed E-state index contributed by atoms with van der Waals surface area (Å²) < 4.78 is 5.51. The van der Waals surface area contributed by atoms with Crippen molar-refractivity contribution in [2.24, 2.45) is 5.92 Å². The third-order valence-corrected chi connectivity index (χ3v) is 5.69. The number of ether oxygens (including phenoxy) is 1. The minimum Gasteiger partial charge on any atom is -0.490 e. The van der Waals surface area contributed by atoms with E-state index in [2.05, 4.69) is 5.32 Å². The number of aliphatic hydroxyl groups is 3. The van der Waals surface area contributed by atoms with Crippen LogP contribution in [0.5, 0.6) is 5.75 Å². The molecule has 0 aliphatic heterocycles. The zero-order chi connectivity index (χ0) is 23.0. The fourth-order valence-corrected chi connectivity index (χ4v) is 3.66. The van der Waals surface area contributed by atoms with Gasteiger partial charge in [-0.3, -0.25) is 9.59 Å². The Kier molecular flexibility index (Phi) is 9.48. The Morgan fingerprint density at radius 1 is 1.19 bits per heavy atom. The van der Waals surface area contributed by atoms with E-state index < -0.39 is 42.1 Å². The number of aryl methyl sites for hydroxylation is 2. The van der Waals surface area contributed by atoms with Crippen molar-refractivity contribution in [3.8, 4) is 5.75 Å². The highest BCUT2D eigenvalue weighted by Gasteiger charge is 2.42. The average molecular weight is 436 g/mol. The van der Waals surface area contributed by atoms with Crippen molar-refractivity contribution in [3.05, 3.63) is 41.5 Å². The number of carbonyl (C=O) groups excluding carboxylic acids is 1. The van der Waals surface area contributed by atoms with Gasteiger partial charge in [0, 0.05) is 18.8 Å². The van der Waals surface area contributed by atoms with E-state index in [1.54, 1.807) is 6.07 Å². The van der Waals surface area contributed by atoms with Gasteiger partial charge in [0.2, 0.25) is 0 Å². The second-order valence-electron chi connectivity index (χ2n) is 8.13. The van der Waals surface area contributed by atoms with Crippen LogP contribution in [0, 0.1) is 19.8 Å². The van der Waals surface area contributed by atoms with Crippen LogP contribution >= 0.6 is 0 Å². The van der Waals surface area contributed by atoms with E-state index in [9.17, 15) is 24.9 Å². The van der Waals surface area contributed by atoms with Gasteiger partial charge in [-0.25, -0.2) is 0 Å². The van der Waals surface area contributed by atoms with Gasteiger partial charge in [0.05, 0.1) is 18.2 Å². The number of hydrogen-bond acceptors (Lipinski definition) is 6. The van der Waals surface area contributed by atoms with Gasteiger partial charge in [-0.2, -0.15) is 0 Å². The van der Waals surface area contributed by atoms with Crippen LogP contribution in [0.25, 0.3) is 0 Å². The van der Waals surface area contributed by atoms with Crippen molar-refractivity contribution in [2.75, 3.05) is 6.61 Å². The third kappa shape index (κ3) is 7.65. The summed E-state index contributed by atoms with van der Waals surface area (Å²) in [6, 6.07) is 4.80. The van der Waals surface area contributed by atoms with E-state index in [0.717, 1.165) is 11.1 Å². The standard InChI is InChI=1S/C23H33NO7/c1-14-9-10-16(11-15(14)2)31-13-20(27)23(30)24-22-17(18(25)12-19(22)26)7-5-3-4-6-8-21(28)29/h3,5,9-11,17-20,22,25-27H,4,6-8,12-13H2,1-2H3,(H,24,30)(H,28,29)/b5-3-/t17-,18-,19+,20+,22+/m0/s1. The summed E-state index contributed by atoms with van der Waals surface area (Å²) in [5.74, 6) is -1.36. The Hall–Kier alpha value is -2.42. The number of carbonyl (C=O) groups is 2. The Morgan fingerprint density at radius 3 is 2.61 bits per heavy atom. The van der Waals surface area contributed by atoms with E-state index in [-0.39, 0.29) is 19.4 Å². The van der Waals surface area contributed by atoms with E-state index >= 15 is 0 Å². The molecule has 1 amide bonds. The Balaban J connectivity index is 1.85. The highest BCUT2D eigenvalue weighted by atomic mass is 16.5. The smallest absolute Gasteiger partial charge is 0.303 e. The number of unbranched alkanes of at least 4 members (excludes halogenated alkanes) is 1. The molecule has 31 heavy (non-hydrogen) atoms. The monoisotopic (exact) mass is 435 g/mol. The Labute approximate surface area is 182 Å². The summed E-state index contributed by atoms with van der Waals surface area (Å²) in [5, 5.41) is 42.0. The molecule has 1 aliphatic carbocycles. The lowest BCUT2D eigenvalue weighted by molar-refractivity contribution is -0.137. The molecule has 1 aromatic rings. The van der Waals surface area contributed by atoms with Gasteiger partial charge in [0.25, 0.3) is 5.91 Å². The number of benzene rings is 1. The molecular weight excluding hydrogens is 402 g/mol. The number of carboxylic acid groups (broad SMARTS) is 1. The van der Waals surface area contributed by atoms with Crippen LogP contribution in [-0.2, 0) is 9.59 Å². The molecule has 0 unspecified atom stereocenters. The number of rotatable bonds is 11. The molecule has 172 valence electrons. The largest absolute Gasteiger partial charge is 0.490 e. The summed E-state index contributed by atoms with van der Waals surface area (Å²) >= 11 is 0. The van der Waals surface area contributed by atoms with Gasteiger partial charge in [-0.15, -0.1) is 0 Å². The van der Waals surface area contributed by atoms with Crippen molar-refractivity contribution < 1.29 is 34.8 Å². The third-order valence-electron chi connectivity index (χ3n) is 5.69. The zero-order valence-corrected chi connectivity index (χ0v) is 18.0. The molecule has 1 fully saturated rings. The number of allylic oxidation sites excluding steroid dienone is 2. The van der Waals surface area contributed by atoms with E-state index in [4.69, 9.17) is 9.84 Å². The van der Waals surface area contributed by atoms with Crippen molar-refractivity contribution in [1.29, 1.82) is 0 Å². The van der Waals surface area contributed by atoms with Crippen LogP contribution < -0.4 is 10.1 Å². The molecule has 0 bridgehead atoms. The van der Waals surface area contributed by atoms with Crippen molar-refractivity contribution >= 4 is 11.9 Å². The fraction of sp³-hybridized carbons (Fsp3) is 0.565. The Morgan fingerprint density at radius 2 is 1.94 bits per heavy atom.